The summed E-state index contributed by atoms with van der Waals surface area (Å²) in [4.78, 5) is 0.739. The van der Waals surface area contributed by atoms with Crippen LogP contribution in [0, 0.1) is 11.8 Å². The van der Waals surface area contributed by atoms with Gasteiger partial charge in [-0.05, 0) is 56.2 Å². The molecule has 4 heteroatoms. The zero-order valence-electron chi connectivity index (χ0n) is 12.6. The van der Waals surface area contributed by atoms with E-state index >= 15 is 0 Å². The molecular weight excluding hydrogens is 270 g/mol. The number of ether oxygens (including phenoxy) is 1. The van der Waals surface area contributed by atoms with Crippen LogP contribution in [0.25, 0.3) is 0 Å². The van der Waals surface area contributed by atoms with Gasteiger partial charge >= 0.3 is 0 Å². The second kappa shape index (κ2) is 6.61. The molecule has 0 bridgehead atoms. The largest absolute Gasteiger partial charge is 0.494 e. The van der Waals surface area contributed by atoms with Crippen LogP contribution in [0.15, 0.2) is 23.1 Å². The number of nitrogen functional groups attached to an aromatic ring is 1. The van der Waals surface area contributed by atoms with E-state index in [-0.39, 0.29) is 5.25 Å². The fraction of sp³-hybridized carbons (Fsp3) is 0.625. The lowest BCUT2D eigenvalue weighted by Crippen LogP contribution is -2.28. The first-order valence-electron chi connectivity index (χ1n) is 7.45. The normalized spacial score (nSPS) is 28.1. The lowest BCUT2D eigenvalue weighted by molar-refractivity contribution is 0.281. The molecule has 1 aromatic carbocycles. The zero-order valence-corrected chi connectivity index (χ0v) is 13.4. The molecule has 2 rings (SSSR count). The molecule has 112 valence electrons. The molecule has 1 saturated carbocycles. The molecule has 0 aromatic heterocycles. The van der Waals surface area contributed by atoms with Crippen molar-refractivity contribution in [2.45, 2.75) is 50.2 Å². The van der Waals surface area contributed by atoms with Gasteiger partial charge in [0, 0.05) is 10.9 Å². The standard InChI is InChI=1S/C16H25NO2S/c1-4-19-13-6-8-15(17)16(10-13)20(18)14-7-5-11(2)12(3)9-14/h6,8,10-12,14H,4-5,7,9,17H2,1-3H3. The Morgan fingerprint density at radius 1 is 1.30 bits per heavy atom. The summed E-state index contributed by atoms with van der Waals surface area (Å²) in [5.74, 6) is 2.12. The molecule has 20 heavy (non-hydrogen) atoms. The molecule has 0 saturated heterocycles. The number of hydrogen-bond acceptors (Lipinski definition) is 3. The van der Waals surface area contributed by atoms with Crippen LogP contribution in [0.3, 0.4) is 0 Å². The van der Waals surface area contributed by atoms with Crippen LogP contribution in [0.2, 0.25) is 0 Å². The van der Waals surface area contributed by atoms with Gasteiger partial charge in [0.15, 0.2) is 0 Å². The minimum Gasteiger partial charge on any atom is -0.494 e. The van der Waals surface area contributed by atoms with Crippen molar-refractivity contribution in [2.24, 2.45) is 11.8 Å². The lowest BCUT2D eigenvalue weighted by Gasteiger charge is -2.31. The van der Waals surface area contributed by atoms with Crippen LogP contribution in [0.5, 0.6) is 5.75 Å². The van der Waals surface area contributed by atoms with Crippen LogP contribution < -0.4 is 10.5 Å². The van der Waals surface area contributed by atoms with E-state index in [0.29, 0.717) is 18.2 Å². The van der Waals surface area contributed by atoms with Gasteiger partial charge in [0.1, 0.15) is 5.75 Å². The maximum atomic E-state index is 12.8. The molecule has 4 atom stereocenters. The van der Waals surface area contributed by atoms with Gasteiger partial charge in [-0.2, -0.15) is 0 Å². The molecule has 1 aliphatic carbocycles. The number of nitrogens with two attached hydrogens (primary N) is 1. The van der Waals surface area contributed by atoms with Gasteiger partial charge in [0.05, 0.1) is 22.3 Å². The third kappa shape index (κ3) is 3.35. The first kappa shape index (κ1) is 15.4. The highest BCUT2D eigenvalue weighted by atomic mass is 32.2. The van der Waals surface area contributed by atoms with E-state index in [1.54, 1.807) is 6.07 Å². The summed E-state index contributed by atoms with van der Waals surface area (Å²) in [5.41, 5.74) is 6.62. The Balaban J connectivity index is 2.18. The SMILES string of the molecule is CCOc1ccc(N)c(S(=O)C2CCC(C)C(C)C2)c1. The summed E-state index contributed by atoms with van der Waals surface area (Å²) in [6, 6.07) is 5.48. The number of hydrogen-bond donors (Lipinski definition) is 1. The molecule has 0 spiro atoms. The Labute approximate surface area is 124 Å². The fourth-order valence-electron chi connectivity index (χ4n) is 2.82. The Kier molecular flexibility index (Phi) is 5.08. The molecule has 1 fully saturated rings. The minimum absolute atomic E-state index is 0.223. The van der Waals surface area contributed by atoms with Gasteiger partial charge < -0.3 is 10.5 Å². The van der Waals surface area contributed by atoms with Crippen LogP contribution >= 0.6 is 0 Å². The van der Waals surface area contributed by atoms with Gasteiger partial charge in [0.2, 0.25) is 0 Å². The maximum absolute atomic E-state index is 12.8. The second-order valence-electron chi connectivity index (χ2n) is 5.82. The zero-order chi connectivity index (χ0) is 14.7. The Morgan fingerprint density at radius 3 is 2.70 bits per heavy atom. The van der Waals surface area contributed by atoms with Crippen molar-refractivity contribution in [1.82, 2.24) is 0 Å². The van der Waals surface area contributed by atoms with E-state index in [4.69, 9.17) is 10.5 Å². The van der Waals surface area contributed by atoms with Crippen molar-refractivity contribution in [1.29, 1.82) is 0 Å². The topological polar surface area (TPSA) is 52.3 Å². The van der Waals surface area contributed by atoms with E-state index in [1.807, 2.05) is 19.1 Å². The van der Waals surface area contributed by atoms with Crippen molar-refractivity contribution in [2.75, 3.05) is 12.3 Å². The van der Waals surface area contributed by atoms with E-state index in [1.165, 1.54) is 0 Å². The monoisotopic (exact) mass is 295 g/mol. The predicted molar refractivity (Wildman–Crippen MR) is 84.4 cm³/mol. The summed E-state index contributed by atoms with van der Waals surface area (Å²) >= 11 is 0. The summed E-state index contributed by atoms with van der Waals surface area (Å²) in [5, 5.41) is 0.223. The summed E-state index contributed by atoms with van der Waals surface area (Å²) in [7, 11) is -1.04. The molecule has 1 aromatic rings. The van der Waals surface area contributed by atoms with Crippen molar-refractivity contribution in [3.63, 3.8) is 0 Å². The number of benzene rings is 1. The number of anilines is 1. The van der Waals surface area contributed by atoms with E-state index in [2.05, 4.69) is 13.8 Å². The van der Waals surface area contributed by atoms with Crippen molar-refractivity contribution in [3.8, 4) is 5.75 Å². The van der Waals surface area contributed by atoms with Gasteiger partial charge in [-0.15, -0.1) is 0 Å². The van der Waals surface area contributed by atoms with Crippen LogP contribution in [-0.4, -0.2) is 16.1 Å². The third-order valence-corrected chi connectivity index (χ3v) is 6.19. The average Bonchev–Trinajstić information content (AvgIpc) is 2.43. The summed E-state index contributed by atoms with van der Waals surface area (Å²) in [6.45, 7) is 7.09. The smallest absolute Gasteiger partial charge is 0.120 e. The molecule has 3 nitrogen and oxygen atoms in total. The average molecular weight is 295 g/mol. The lowest BCUT2D eigenvalue weighted by atomic mass is 9.81. The fourth-order valence-corrected chi connectivity index (χ4v) is 4.54. The molecule has 0 amide bonds. The Bertz CT molecular complexity index is 489. The van der Waals surface area contributed by atoms with E-state index < -0.39 is 10.8 Å². The van der Waals surface area contributed by atoms with Crippen molar-refractivity contribution < 1.29 is 8.95 Å². The van der Waals surface area contributed by atoms with Crippen LogP contribution in [0.4, 0.5) is 5.69 Å². The second-order valence-corrected chi connectivity index (χ2v) is 7.52. The van der Waals surface area contributed by atoms with E-state index in [0.717, 1.165) is 35.8 Å². The Hall–Kier alpha value is -1.03. The first-order chi connectivity index (χ1) is 9.52. The Morgan fingerprint density at radius 2 is 2.05 bits per heavy atom. The molecule has 0 radical (unpaired) electrons. The predicted octanol–water partition coefficient (Wildman–Crippen LogP) is 3.60. The molecule has 0 heterocycles. The van der Waals surface area contributed by atoms with E-state index in [9.17, 15) is 4.21 Å². The van der Waals surface area contributed by atoms with Gasteiger partial charge in [-0.25, -0.2) is 0 Å². The molecular formula is C16H25NO2S. The highest BCUT2D eigenvalue weighted by molar-refractivity contribution is 7.85. The highest BCUT2D eigenvalue weighted by Crippen LogP contribution is 2.35. The molecule has 1 aliphatic rings. The number of rotatable bonds is 4. The molecule has 2 N–H and O–H groups in total. The van der Waals surface area contributed by atoms with Gasteiger partial charge in [-0.3, -0.25) is 4.21 Å². The third-order valence-electron chi connectivity index (χ3n) is 4.37. The van der Waals surface area contributed by atoms with Crippen molar-refractivity contribution in [3.05, 3.63) is 18.2 Å². The quantitative estimate of drug-likeness (QED) is 0.863. The first-order valence-corrected chi connectivity index (χ1v) is 8.67. The van der Waals surface area contributed by atoms with Gasteiger partial charge in [-0.1, -0.05) is 13.8 Å². The highest BCUT2D eigenvalue weighted by Gasteiger charge is 2.29. The van der Waals surface area contributed by atoms with Gasteiger partial charge in [0.25, 0.3) is 0 Å². The van der Waals surface area contributed by atoms with Crippen LogP contribution in [-0.2, 0) is 10.8 Å². The molecule has 0 aliphatic heterocycles. The maximum Gasteiger partial charge on any atom is 0.120 e. The summed E-state index contributed by atoms with van der Waals surface area (Å²) in [6.07, 6.45) is 3.20. The molecule has 4 unspecified atom stereocenters. The van der Waals surface area contributed by atoms with Crippen LogP contribution in [0.1, 0.15) is 40.0 Å². The van der Waals surface area contributed by atoms with Crippen molar-refractivity contribution >= 4 is 16.5 Å². The summed E-state index contributed by atoms with van der Waals surface area (Å²) < 4.78 is 18.3. The minimum atomic E-state index is -1.04.